The lowest BCUT2D eigenvalue weighted by Gasteiger charge is -2.32. The molecule has 1 aliphatic carbocycles. The summed E-state index contributed by atoms with van der Waals surface area (Å²) >= 11 is 0. The van der Waals surface area contributed by atoms with Crippen LogP contribution in [0.5, 0.6) is 0 Å². The Morgan fingerprint density at radius 1 is 1.29 bits per heavy atom. The van der Waals surface area contributed by atoms with Crippen LogP contribution in [0.1, 0.15) is 31.2 Å². The van der Waals surface area contributed by atoms with Crippen molar-refractivity contribution in [2.45, 2.75) is 38.3 Å². The van der Waals surface area contributed by atoms with Crippen molar-refractivity contribution < 1.29 is 4.79 Å². The molecule has 1 saturated heterocycles. The van der Waals surface area contributed by atoms with Gasteiger partial charge in [-0.25, -0.2) is 9.78 Å². The van der Waals surface area contributed by atoms with Crippen molar-refractivity contribution in [3.8, 4) is 0 Å². The first-order valence-corrected chi connectivity index (χ1v) is 8.99. The normalized spacial score (nSPS) is 19.1. The van der Waals surface area contributed by atoms with Gasteiger partial charge in [-0.05, 0) is 49.3 Å². The van der Waals surface area contributed by atoms with Gasteiger partial charge in [0.2, 0.25) is 0 Å². The molecule has 132 valence electrons. The fourth-order valence-electron chi connectivity index (χ4n) is 3.16. The molecule has 6 nitrogen and oxygen atoms in total. The molecule has 2 N–H and O–H groups in total. The Morgan fingerprint density at radius 3 is 2.71 bits per heavy atom. The van der Waals surface area contributed by atoms with Crippen molar-refractivity contribution >= 4 is 11.8 Å². The fraction of sp³-hybridized carbons (Fsp3) is 0.667. The molecule has 2 amide bonds. The number of hydrogen-bond donors (Lipinski definition) is 2. The van der Waals surface area contributed by atoms with Gasteiger partial charge in [0.25, 0.3) is 0 Å². The number of urea groups is 1. The maximum Gasteiger partial charge on any atom is 0.315 e. The molecular formula is C18H29N5O. The summed E-state index contributed by atoms with van der Waals surface area (Å²) in [7, 11) is 3.92. The van der Waals surface area contributed by atoms with Crippen LogP contribution in [0.25, 0.3) is 0 Å². The Bertz CT molecular complexity index is 550. The molecule has 2 heterocycles. The highest BCUT2D eigenvalue weighted by molar-refractivity contribution is 5.74. The summed E-state index contributed by atoms with van der Waals surface area (Å²) in [6.07, 6.45) is 6.70. The van der Waals surface area contributed by atoms with E-state index in [-0.39, 0.29) is 6.03 Å². The third kappa shape index (κ3) is 5.09. The molecule has 1 aliphatic heterocycles. The summed E-state index contributed by atoms with van der Waals surface area (Å²) in [6.45, 7) is 4.00. The van der Waals surface area contributed by atoms with Crippen LogP contribution in [0.4, 0.5) is 10.6 Å². The number of rotatable bonds is 6. The minimum absolute atomic E-state index is 0.0705. The zero-order valence-corrected chi connectivity index (χ0v) is 14.8. The maximum absolute atomic E-state index is 12.1. The molecule has 2 aliphatic rings. The Kier molecular flexibility index (Phi) is 5.56. The second-order valence-electron chi connectivity index (χ2n) is 7.26. The molecule has 0 bridgehead atoms. The fourth-order valence-corrected chi connectivity index (χ4v) is 3.16. The molecule has 0 aromatic carbocycles. The monoisotopic (exact) mass is 331 g/mol. The van der Waals surface area contributed by atoms with E-state index >= 15 is 0 Å². The Labute approximate surface area is 144 Å². The highest BCUT2D eigenvalue weighted by Gasteiger charge is 2.27. The van der Waals surface area contributed by atoms with Gasteiger partial charge in [-0.15, -0.1) is 0 Å². The first-order valence-electron chi connectivity index (χ1n) is 8.99. The minimum atomic E-state index is -0.0705. The number of carbonyl (C=O) groups excluding carboxylic acids is 1. The van der Waals surface area contributed by atoms with Crippen molar-refractivity contribution in [1.29, 1.82) is 0 Å². The van der Waals surface area contributed by atoms with Crippen LogP contribution >= 0.6 is 0 Å². The first-order chi connectivity index (χ1) is 11.6. The van der Waals surface area contributed by atoms with Gasteiger partial charge >= 0.3 is 6.03 Å². The number of nitrogens with one attached hydrogen (secondary N) is 2. The molecule has 0 spiro atoms. The van der Waals surface area contributed by atoms with Crippen LogP contribution in [0.2, 0.25) is 0 Å². The van der Waals surface area contributed by atoms with E-state index in [1.165, 1.54) is 19.4 Å². The number of likely N-dealkylation sites (tertiary alicyclic amines) is 1. The maximum atomic E-state index is 12.1. The van der Waals surface area contributed by atoms with Gasteiger partial charge in [0, 0.05) is 52.5 Å². The standard InChI is InChI=1S/C18H29N5O/c1-22(2)17-11-15(5-8-19-17)12-20-18(24)21-16-6-9-23(10-7-16)13-14-3-4-14/h5,8,11,14,16H,3-4,6-7,9-10,12-13H2,1-2H3,(H2,20,21,24). The number of aromatic nitrogens is 1. The molecule has 2 fully saturated rings. The van der Waals surface area contributed by atoms with E-state index in [9.17, 15) is 4.79 Å². The molecular weight excluding hydrogens is 302 g/mol. The zero-order chi connectivity index (χ0) is 16.9. The molecule has 1 aromatic rings. The largest absolute Gasteiger partial charge is 0.363 e. The summed E-state index contributed by atoms with van der Waals surface area (Å²) < 4.78 is 0. The van der Waals surface area contributed by atoms with E-state index < -0.39 is 0 Å². The van der Waals surface area contributed by atoms with Gasteiger partial charge in [-0.3, -0.25) is 0 Å². The van der Waals surface area contributed by atoms with Crippen molar-refractivity contribution in [3.63, 3.8) is 0 Å². The summed E-state index contributed by atoms with van der Waals surface area (Å²) in [5.41, 5.74) is 1.06. The summed E-state index contributed by atoms with van der Waals surface area (Å²) in [5, 5.41) is 6.07. The number of carbonyl (C=O) groups is 1. The summed E-state index contributed by atoms with van der Waals surface area (Å²) in [5.74, 6) is 1.85. The molecule has 6 heteroatoms. The summed E-state index contributed by atoms with van der Waals surface area (Å²) in [6, 6.07) is 4.16. The van der Waals surface area contributed by atoms with E-state index in [0.717, 1.165) is 43.2 Å². The quantitative estimate of drug-likeness (QED) is 0.835. The van der Waals surface area contributed by atoms with Gasteiger partial charge in [-0.1, -0.05) is 0 Å². The topological polar surface area (TPSA) is 60.5 Å². The van der Waals surface area contributed by atoms with Crippen LogP contribution < -0.4 is 15.5 Å². The van der Waals surface area contributed by atoms with Crippen molar-refractivity contribution in [3.05, 3.63) is 23.9 Å². The molecule has 0 atom stereocenters. The van der Waals surface area contributed by atoms with Gasteiger partial charge < -0.3 is 20.4 Å². The van der Waals surface area contributed by atoms with Gasteiger partial charge in [0.1, 0.15) is 5.82 Å². The van der Waals surface area contributed by atoms with Gasteiger partial charge in [-0.2, -0.15) is 0 Å². The van der Waals surface area contributed by atoms with E-state index in [2.05, 4.69) is 20.5 Å². The predicted octanol–water partition coefficient (Wildman–Crippen LogP) is 1.82. The Morgan fingerprint density at radius 2 is 2.04 bits per heavy atom. The molecule has 0 unspecified atom stereocenters. The number of anilines is 1. The second-order valence-corrected chi connectivity index (χ2v) is 7.26. The van der Waals surface area contributed by atoms with Crippen molar-refractivity contribution in [2.24, 2.45) is 5.92 Å². The molecule has 3 rings (SSSR count). The number of pyridine rings is 1. The van der Waals surface area contributed by atoms with Crippen molar-refractivity contribution in [1.82, 2.24) is 20.5 Å². The lowest BCUT2D eigenvalue weighted by Crippen LogP contribution is -2.48. The third-order valence-corrected chi connectivity index (χ3v) is 4.86. The second kappa shape index (κ2) is 7.83. The lowest BCUT2D eigenvalue weighted by atomic mass is 10.0. The number of hydrogen-bond acceptors (Lipinski definition) is 4. The van der Waals surface area contributed by atoms with Gasteiger partial charge in [0.05, 0.1) is 0 Å². The molecule has 1 aromatic heterocycles. The molecule has 0 radical (unpaired) electrons. The highest BCUT2D eigenvalue weighted by atomic mass is 16.2. The predicted molar refractivity (Wildman–Crippen MR) is 96.1 cm³/mol. The van der Waals surface area contributed by atoms with E-state index in [1.807, 2.05) is 31.1 Å². The van der Waals surface area contributed by atoms with E-state index in [0.29, 0.717) is 12.6 Å². The van der Waals surface area contributed by atoms with Crippen LogP contribution in [0, 0.1) is 5.92 Å². The zero-order valence-electron chi connectivity index (χ0n) is 14.8. The highest BCUT2D eigenvalue weighted by Crippen LogP contribution is 2.30. The third-order valence-electron chi connectivity index (χ3n) is 4.86. The van der Waals surface area contributed by atoms with Gasteiger partial charge in [0.15, 0.2) is 0 Å². The van der Waals surface area contributed by atoms with Crippen LogP contribution in [-0.4, -0.2) is 55.7 Å². The first kappa shape index (κ1) is 17.0. The summed E-state index contributed by atoms with van der Waals surface area (Å²) in [4.78, 5) is 20.9. The van der Waals surface area contributed by atoms with E-state index in [1.54, 1.807) is 6.20 Å². The Hall–Kier alpha value is -1.82. The smallest absolute Gasteiger partial charge is 0.315 e. The van der Waals surface area contributed by atoms with Crippen LogP contribution in [0.15, 0.2) is 18.3 Å². The minimum Gasteiger partial charge on any atom is -0.363 e. The average molecular weight is 331 g/mol. The number of amides is 2. The van der Waals surface area contributed by atoms with E-state index in [4.69, 9.17) is 0 Å². The molecule has 24 heavy (non-hydrogen) atoms. The molecule has 1 saturated carbocycles. The van der Waals surface area contributed by atoms with Crippen LogP contribution in [-0.2, 0) is 6.54 Å². The average Bonchev–Trinajstić information content (AvgIpc) is 3.39. The lowest BCUT2D eigenvalue weighted by molar-refractivity contribution is 0.187. The SMILES string of the molecule is CN(C)c1cc(CNC(=O)NC2CCN(CC3CC3)CC2)ccn1. The van der Waals surface area contributed by atoms with Crippen molar-refractivity contribution in [2.75, 3.05) is 38.6 Å². The van der Waals surface area contributed by atoms with Crippen LogP contribution in [0.3, 0.4) is 0 Å². The Balaban J connectivity index is 1.37. The number of nitrogens with zero attached hydrogens (tertiary/aromatic N) is 3. The number of piperidine rings is 1.